The average molecular weight is 633 g/mol. The first-order valence-electron chi connectivity index (χ1n) is 12.2. The fourth-order valence-electron chi connectivity index (χ4n) is 4.78. The van der Waals surface area contributed by atoms with Gasteiger partial charge in [0.2, 0.25) is 5.95 Å². The van der Waals surface area contributed by atoms with E-state index in [4.69, 9.17) is 30.0 Å². The lowest BCUT2D eigenvalue weighted by molar-refractivity contribution is -0.0530. The van der Waals surface area contributed by atoms with Crippen LogP contribution in [0.5, 0.6) is 0 Å². The molecule has 6 rings (SSSR count). The third kappa shape index (κ3) is 4.90. The number of nitrogens with one attached hydrogen (secondary N) is 1. The van der Waals surface area contributed by atoms with Crippen molar-refractivity contribution in [3.8, 4) is 0 Å². The fourth-order valence-corrected chi connectivity index (χ4v) is 6.23. The molecule has 22 heteroatoms. The quantitative estimate of drug-likeness (QED) is 0.105. The van der Waals surface area contributed by atoms with E-state index in [2.05, 4.69) is 42.2 Å². The van der Waals surface area contributed by atoms with E-state index in [-0.39, 0.29) is 34.1 Å². The number of aromatic amines is 1. The molecule has 0 saturated carbocycles. The number of halogens is 2. The van der Waals surface area contributed by atoms with Gasteiger partial charge >= 0.3 is 6.80 Å². The lowest BCUT2D eigenvalue weighted by Crippen LogP contribution is -2.33. The molecule has 1 unspecified atom stereocenters. The number of aromatic nitrogens is 8. The third-order valence-corrected chi connectivity index (χ3v) is 8.40. The van der Waals surface area contributed by atoms with E-state index in [1.165, 1.54) is 10.9 Å². The maximum absolute atomic E-state index is 15.3. The van der Waals surface area contributed by atoms with Crippen molar-refractivity contribution >= 4 is 53.1 Å². The minimum absolute atomic E-state index is 0.0549. The molecular weight excluding hydrogens is 609 g/mol. The van der Waals surface area contributed by atoms with Crippen LogP contribution in [0.3, 0.4) is 0 Å². The molecule has 0 spiro atoms. The molecule has 9 atom stereocenters. The number of alkyl halides is 2. The van der Waals surface area contributed by atoms with Crippen molar-refractivity contribution < 1.29 is 42.1 Å². The fraction of sp³-hybridized carbons (Fsp3) is 0.500. The van der Waals surface area contributed by atoms with Crippen molar-refractivity contribution in [3.05, 3.63) is 29.3 Å². The molecule has 18 nitrogen and oxygen atoms in total. The molecule has 4 aromatic rings. The Morgan fingerprint density at radius 3 is 2.48 bits per heavy atom. The van der Waals surface area contributed by atoms with Crippen molar-refractivity contribution in [2.45, 2.75) is 49.2 Å². The van der Waals surface area contributed by atoms with Crippen LogP contribution in [0.15, 0.2) is 23.8 Å². The Balaban J connectivity index is 1.19. The normalized spacial score (nSPS) is 31.3. The molecular formula is C20H23F2N10O8PS. The molecule has 0 radical (unpaired) electrons. The van der Waals surface area contributed by atoms with Crippen molar-refractivity contribution in [2.24, 2.45) is 0 Å². The Bertz CT molecular complexity index is 1740. The second-order valence-corrected chi connectivity index (χ2v) is 12.3. The number of ether oxygens (including phenoxy) is 2. The Labute approximate surface area is 237 Å². The molecule has 226 valence electrons. The van der Waals surface area contributed by atoms with Gasteiger partial charge in [0, 0.05) is 0 Å². The highest BCUT2D eigenvalue weighted by Gasteiger charge is 2.51. The summed E-state index contributed by atoms with van der Waals surface area (Å²) in [6.07, 6.45) is -9.70. The number of nitrogens with zero attached hydrogens (tertiary/aromatic N) is 7. The SMILES string of the molecule is Nc1nc2c(ncn2[C@@H]2O[C@H](CO)[C@H](F)[C@H]2OP(=O)(S)OC[C@H]2O[C@@H](n3cnc4c(N)ncnc43)[C@@H](F)[C@@H]2O)c(=O)[nH]1. The number of nitrogens with two attached hydrogens (primary N) is 2. The predicted octanol–water partition coefficient (Wildman–Crippen LogP) is -0.612. The van der Waals surface area contributed by atoms with Crippen molar-refractivity contribution in [2.75, 3.05) is 24.7 Å². The lowest BCUT2D eigenvalue weighted by Gasteiger charge is -2.25. The van der Waals surface area contributed by atoms with Gasteiger partial charge in [0.05, 0.1) is 25.9 Å². The Hall–Kier alpha value is -3.30. The van der Waals surface area contributed by atoms with E-state index >= 15 is 8.78 Å². The maximum Gasteiger partial charge on any atom is 0.386 e. The second kappa shape index (κ2) is 10.8. The summed E-state index contributed by atoms with van der Waals surface area (Å²) in [7, 11) is 0. The van der Waals surface area contributed by atoms with Crippen molar-refractivity contribution in [1.82, 2.24) is 39.0 Å². The highest BCUT2D eigenvalue weighted by Crippen LogP contribution is 2.57. The number of rotatable bonds is 8. The number of thiol groups is 1. The summed E-state index contributed by atoms with van der Waals surface area (Å²) in [4.78, 5) is 34.2. The minimum Gasteiger partial charge on any atom is -0.394 e. The maximum atomic E-state index is 15.3. The first kappa shape index (κ1) is 28.8. The number of imidazole rings is 2. The van der Waals surface area contributed by atoms with E-state index < -0.39 is 74.8 Å². The average Bonchev–Trinajstić information content (AvgIpc) is 3.69. The summed E-state index contributed by atoms with van der Waals surface area (Å²) in [5.41, 5.74) is 10.8. The lowest BCUT2D eigenvalue weighted by atomic mass is 10.1. The molecule has 2 saturated heterocycles. The van der Waals surface area contributed by atoms with Crippen molar-refractivity contribution in [3.63, 3.8) is 0 Å². The van der Waals surface area contributed by atoms with Gasteiger partial charge in [0.25, 0.3) is 5.56 Å². The molecule has 2 aliphatic heterocycles. The molecule has 7 N–H and O–H groups in total. The molecule has 42 heavy (non-hydrogen) atoms. The van der Waals surface area contributed by atoms with Gasteiger partial charge in [-0.15, -0.1) is 0 Å². The Morgan fingerprint density at radius 1 is 1.05 bits per heavy atom. The van der Waals surface area contributed by atoms with Gasteiger partial charge in [0.15, 0.2) is 47.4 Å². The number of hydrogen-bond acceptors (Lipinski definition) is 15. The monoisotopic (exact) mass is 632 g/mol. The highest BCUT2D eigenvalue weighted by molar-refractivity contribution is 8.44. The van der Waals surface area contributed by atoms with Gasteiger partial charge in [0.1, 0.15) is 36.3 Å². The van der Waals surface area contributed by atoms with E-state index in [9.17, 15) is 19.6 Å². The molecule has 0 aromatic carbocycles. The third-order valence-electron chi connectivity index (χ3n) is 6.78. The molecule has 4 aromatic heterocycles. The van der Waals surface area contributed by atoms with Crippen LogP contribution in [0, 0.1) is 0 Å². The molecule has 0 bridgehead atoms. The molecule has 2 aliphatic rings. The summed E-state index contributed by atoms with van der Waals surface area (Å²) in [5, 5.41) is 20.1. The van der Waals surface area contributed by atoms with Gasteiger partial charge in [-0.1, -0.05) is 12.2 Å². The summed E-state index contributed by atoms with van der Waals surface area (Å²) in [6, 6.07) is 0. The predicted molar refractivity (Wildman–Crippen MR) is 140 cm³/mol. The number of anilines is 2. The topological polar surface area (TPSA) is 254 Å². The number of hydrogen-bond donors (Lipinski definition) is 6. The Morgan fingerprint density at radius 2 is 1.74 bits per heavy atom. The number of aliphatic hydroxyl groups excluding tert-OH is 2. The van der Waals surface area contributed by atoms with Gasteiger partial charge in [-0.2, -0.15) is 4.98 Å². The molecule has 0 aliphatic carbocycles. The zero-order valence-electron chi connectivity index (χ0n) is 21.0. The summed E-state index contributed by atoms with van der Waals surface area (Å²) in [6.45, 7) is -5.95. The summed E-state index contributed by atoms with van der Waals surface area (Å²) < 4.78 is 67.7. The zero-order chi connectivity index (χ0) is 29.9. The van der Waals surface area contributed by atoms with E-state index in [1.54, 1.807) is 0 Å². The Kier molecular flexibility index (Phi) is 7.38. The molecule has 2 fully saturated rings. The van der Waals surface area contributed by atoms with Gasteiger partial charge in [-0.05, 0) is 0 Å². The number of H-pyrrole nitrogens is 1. The number of fused-ring (bicyclic) bond motifs is 2. The van der Waals surface area contributed by atoms with Gasteiger partial charge in [-0.25, -0.2) is 33.3 Å². The number of nitrogen functional groups attached to an aromatic ring is 2. The van der Waals surface area contributed by atoms with Gasteiger partial charge < -0.3 is 31.2 Å². The summed E-state index contributed by atoms with van der Waals surface area (Å²) in [5.74, 6) is -0.207. The first-order valence-corrected chi connectivity index (χ1v) is 14.9. The standard InChI is InChI=1S/C20H23F2N10O8PS/c21-8-6(1-33)38-19(32-5-28-11-16(32)29-20(24)30-17(11)35)13(8)40-41(36,42)37-2-7-12(34)9(22)18(39-7)31-4-27-10-14(23)25-3-26-15(10)31/h3-9,12-13,18-19,33-34H,1-2H2,(H,36,42)(H2,23,25,26)(H3,24,29,30,35)/t6-,7-,8+,9+,12-,13-,18-,19-,41?/m1/s1. The van der Waals surface area contributed by atoms with Crippen LogP contribution in [0.25, 0.3) is 22.3 Å². The van der Waals surface area contributed by atoms with E-state index in [0.717, 1.165) is 17.2 Å². The van der Waals surface area contributed by atoms with Crippen molar-refractivity contribution in [1.29, 1.82) is 0 Å². The second-order valence-electron chi connectivity index (χ2n) is 9.38. The van der Waals surface area contributed by atoms with E-state index in [1.807, 2.05) is 0 Å². The van der Waals surface area contributed by atoms with Crippen LogP contribution in [-0.4, -0.2) is 99.2 Å². The van der Waals surface area contributed by atoms with Crippen LogP contribution < -0.4 is 17.0 Å². The number of aliphatic hydroxyl groups is 2. The largest absolute Gasteiger partial charge is 0.394 e. The van der Waals surface area contributed by atoms with Crippen LogP contribution in [0.2, 0.25) is 0 Å². The minimum atomic E-state index is -4.48. The summed E-state index contributed by atoms with van der Waals surface area (Å²) >= 11 is 3.91. The smallest absolute Gasteiger partial charge is 0.386 e. The van der Waals surface area contributed by atoms with Crippen LogP contribution >= 0.6 is 19.0 Å². The van der Waals surface area contributed by atoms with Gasteiger partial charge in [-0.3, -0.25) is 28.0 Å². The van der Waals surface area contributed by atoms with Crippen LogP contribution in [0.4, 0.5) is 20.5 Å². The molecule has 0 amide bonds. The zero-order valence-corrected chi connectivity index (χ0v) is 22.8. The van der Waals surface area contributed by atoms with E-state index in [0.29, 0.717) is 0 Å². The highest BCUT2D eigenvalue weighted by atomic mass is 32.7. The first-order chi connectivity index (χ1) is 20.0. The van der Waals surface area contributed by atoms with Crippen LogP contribution in [-0.2, 0) is 23.1 Å². The molecule has 6 heterocycles. The van der Waals surface area contributed by atoms with Crippen LogP contribution in [0.1, 0.15) is 12.5 Å².